The van der Waals surface area contributed by atoms with E-state index in [1.54, 1.807) is 0 Å². The van der Waals surface area contributed by atoms with Crippen molar-refractivity contribution in [3.63, 3.8) is 0 Å². The predicted octanol–water partition coefficient (Wildman–Crippen LogP) is 1.06. The lowest BCUT2D eigenvalue weighted by molar-refractivity contribution is 0.108. The molecule has 3 nitrogen and oxygen atoms in total. The fourth-order valence-electron chi connectivity index (χ4n) is 1.35. The molecule has 0 spiro atoms. The Kier molecular flexibility index (Phi) is 4.06. The van der Waals surface area contributed by atoms with E-state index < -0.39 is 0 Å². The Labute approximate surface area is 73.7 Å². The molecule has 1 aliphatic heterocycles. The van der Waals surface area contributed by atoms with Gasteiger partial charge in [0.15, 0.2) is 0 Å². The number of rotatable bonds is 4. The molecule has 1 heterocycles. The first-order valence-electron chi connectivity index (χ1n) is 4.55. The summed E-state index contributed by atoms with van der Waals surface area (Å²) in [4.78, 5) is 0. The Bertz CT molecular complexity index is 158. The van der Waals surface area contributed by atoms with E-state index in [2.05, 4.69) is 11.4 Å². The van der Waals surface area contributed by atoms with Crippen molar-refractivity contribution in [2.45, 2.75) is 38.3 Å². The summed E-state index contributed by atoms with van der Waals surface area (Å²) in [6, 6.07) is 2.43. The minimum atomic E-state index is 0.291. The van der Waals surface area contributed by atoms with Crippen molar-refractivity contribution >= 4 is 0 Å². The van der Waals surface area contributed by atoms with Gasteiger partial charge in [0.2, 0.25) is 0 Å². The smallest absolute Gasteiger partial charge is 0.0700 e. The Morgan fingerprint density at radius 1 is 1.75 bits per heavy atom. The molecule has 2 unspecified atom stereocenters. The van der Waals surface area contributed by atoms with Gasteiger partial charge in [0.1, 0.15) is 0 Å². The Balaban J connectivity index is 2.04. The third kappa shape index (κ3) is 3.21. The first-order valence-corrected chi connectivity index (χ1v) is 4.55. The molecule has 1 N–H and O–H groups in total. The maximum atomic E-state index is 8.41. The van der Waals surface area contributed by atoms with Gasteiger partial charge in [0.05, 0.1) is 18.6 Å². The lowest BCUT2D eigenvalue weighted by Gasteiger charge is -2.14. The van der Waals surface area contributed by atoms with E-state index in [0.717, 1.165) is 19.6 Å². The molecule has 0 aromatic carbocycles. The quantitative estimate of drug-likeness (QED) is 0.682. The highest BCUT2D eigenvalue weighted by molar-refractivity contribution is 4.79. The first kappa shape index (κ1) is 9.50. The molecular formula is C9H16N2O. The molecule has 12 heavy (non-hydrogen) atoms. The largest absolute Gasteiger partial charge is 0.377 e. The van der Waals surface area contributed by atoms with E-state index >= 15 is 0 Å². The maximum absolute atomic E-state index is 8.41. The van der Waals surface area contributed by atoms with Gasteiger partial charge in [-0.05, 0) is 19.8 Å². The van der Waals surface area contributed by atoms with Crippen LogP contribution in [0.1, 0.15) is 26.2 Å². The Hall–Kier alpha value is -0.590. The number of nitrogens with zero attached hydrogens (tertiary/aromatic N) is 1. The Morgan fingerprint density at radius 2 is 2.58 bits per heavy atom. The molecule has 0 bridgehead atoms. The fraction of sp³-hybridized carbons (Fsp3) is 0.889. The summed E-state index contributed by atoms with van der Waals surface area (Å²) >= 11 is 0. The molecule has 3 heteroatoms. The second kappa shape index (κ2) is 5.13. The van der Waals surface area contributed by atoms with E-state index in [-0.39, 0.29) is 0 Å². The summed E-state index contributed by atoms with van der Waals surface area (Å²) in [5.41, 5.74) is 0. The van der Waals surface area contributed by atoms with Crippen LogP contribution in [-0.2, 0) is 4.74 Å². The Morgan fingerprint density at radius 3 is 3.17 bits per heavy atom. The number of nitriles is 1. The minimum Gasteiger partial charge on any atom is -0.377 e. The van der Waals surface area contributed by atoms with Crippen LogP contribution >= 0.6 is 0 Å². The molecule has 68 valence electrons. The van der Waals surface area contributed by atoms with Gasteiger partial charge in [-0.3, -0.25) is 0 Å². The van der Waals surface area contributed by atoms with E-state index in [1.165, 1.54) is 6.42 Å². The summed E-state index contributed by atoms with van der Waals surface area (Å²) in [5, 5.41) is 11.7. The minimum absolute atomic E-state index is 0.291. The zero-order valence-electron chi connectivity index (χ0n) is 7.55. The molecule has 0 radical (unpaired) electrons. The van der Waals surface area contributed by atoms with Crippen molar-refractivity contribution < 1.29 is 4.74 Å². The molecular weight excluding hydrogens is 152 g/mol. The van der Waals surface area contributed by atoms with Crippen molar-refractivity contribution in [3.8, 4) is 6.07 Å². The van der Waals surface area contributed by atoms with Crippen molar-refractivity contribution in [1.29, 1.82) is 5.26 Å². The lowest BCUT2D eigenvalue weighted by Crippen LogP contribution is -2.33. The van der Waals surface area contributed by atoms with Gasteiger partial charge in [0.25, 0.3) is 0 Å². The molecule has 2 atom stereocenters. The number of ether oxygens (including phenoxy) is 1. The second-order valence-electron chi connectivity index (χ2n) is 3.31. The van der Waals surface area contributed by atoms with Crippen LogP contribution < -0.4 is 5.32 Å². The van der Waals surface area contributed by atoms with Gasteiger partial charge in [0, 0.05) is 19.2 Å². The van der Waals surface area contributed by atoms with Crippen molar-refractivity contribution in [3.05, 3.63) is 0 Å². The van der Waals surface area contributed by atoms with E-state index in [1.807, 2.05) is 6.92 Å². The highest BCUT2D eigenvalue weighted by Gasteiger charge is 2.15. The average molecular weight is 168 g/mol. The standard InChI is InChI=1S/C9H16N2O/c1-8(4-5-10)11-7-9-3-2-6-12-9/h8-9,11H,2-4,6-7H2,1H3. The summed E-state index contributed by atoms with van der Waals surface area (Å²) in [7, 11) is 0. The third-order valence-electron chi connectivity index (χ3n) is 2.12. The van der Waals surface area contributed by atoms with Gasteiger partial charge in [-0.15, -0.1) is 0 Å². The topological polar surface area (TPSA) is 45.0 Å². The molecule has 0 aromatic rings. The van der Waals surface area contributed by atoms with E-state index in [9.17, 15) is 0 Å². The highest BCUT2D eigenvalue weighted by Crippen LogP contribution is 2.10. The van der Waals surface area contributed by atoms with Gasteiger partial charge in [-0.25, -0.2) is 0 Å². The van der Waals surface area contributed by atoms with Gasteiger partial charge >= 0.3 is 0 Å². The van der Waals surface area contributed by atoms with Crippen LogP contribution in [0.2, 0.25) is 0 Å². The fourth-order valence-corrected chi connectivity index (χ4v) is 1.35. The number of hydrogen-bond acceptors (Lipinski definition) is 3. The molecule has 0 amide bonds. The van der Waals surface area contributed by atoms with E-state index in [4.69, 9.17) is 10.00 Å². The number of nitrogens with one attached hydrogen (secondary N) is 1. The van der Waals surface area contributed by atoms with Crippen molar-refractivity contribution in [2.24, 2.45) is 0 Å². The normalized spacial score (nSPS) is 25.2. The SMILES string of the molecule is CC(CC#N)NCC1CCCO1. The maximum Gasteiger partial charge on any atom is 0.0700 e. The van der Waals surface area contributed by atoms with Crippen LogP contribution in [0.25, 0.3) is 0 Å². The first-order chi connectivity index (χ1) is 5.83. The average Bonchev–Trinajstić information content (AvgIpc) is 2.53. The van der Waals surface area contributed by atoms with E-state index in [0.29, 0.717) is 18.6 Å². The predicted molar refractivity (Wildman–Crippen MR) is 46.7 cm³/mol. The van der Waals surface area contributed by atoms with Crippen LogP contribution in [-0.4, -0.2) is 25.3 Å². The van der Waals surface area contributed by atoms with Crippen LogP contribution in [0.5, 0.6) is 0 Å². The summed E-state index contributed by atoms with van der Waals surface area (Å²) in [6.45, 7) is 3.82. The lowest BCUT2D eigenvalue weighted by atomic mass is 10.2. The second-order valence-corrected chi connectivity index (χ2v) is 3.31. The van der Waals surface area contributed by atoms with Gasteiger partial charge in [-0.2, -0.15) is 5.26 Å². The van der Waals surface area contributed by atoms with Crippen LogP contribution in [0.3, 0.4) is 0 Å². The molecule has 1 rings (SSSR count). The molecule has 0 aromatic heterocycles. The van der Waals surface area contributed by atoms with Crippen LogP contribution in [0, 0.1) is 11.3 Å². The molecule has 0 saturated carbocycles. The van der Waals surface area contributed by atoms with Crippen molar-refractivity contribution in [2.75, 3.05) is 13.2 Å². The van der Waals surface area contributed by atoms with Crippen molar-refractivity contribution in [1.82, 2.24) is 5.32 Å². The zero-order valence-corrected chi connectivity index (χ0v) is 7.55. The molecule has 1 saturated heterocycles. The van der Waals surface area contributed by atoms with Gasteiger partial charge < -0.3 is 10.1 Å². The summed E-state index contributed by atoms with van der Waals surface area (Å²) in [6.07, 6.45) is 3.30. The van der Waals surface area contributed by atoms with Crippen LogP contribution in [0.15, 0.2) is 0 Å². The summed E-state index contributed by atoms with van der Waals surface area (Å²) < 4.78 is 5.44. The van der Waals surface area contributed by atoms with Gasteiger partial charge in [-0.1, -0.05) is 0 Å². The summed E-state index contributed by atoms with van der Waals surface area (Å²) in [5.74, 6) is 0. The number of hydrogen-bond donors (Lipinski definition) is 1. The zero-order chi connectivity index (χ0) is 8.81. The highest BCUT2D eigenvalue weighted by atomic mass is 16.5. The monoisotopic (exact) mass is 168 g/mol. The molecule has 1 fully saturated rings. The van der Waals surface area contributed by atoms with Crippen LogP contribution in [0.4, 0.5) is 0 Å². The molecule has 0 aliphatic carbocycles. The third-order valence-corrected chi connectivity index (χ3v) is 2.12. The molecule has 1 aliphatic rings.